The first-order valence-corrected chi connectivity index (χ1v) is 12.9. The van der Waals surface area contributed by atoms with Gasteiger partial charge < -0.3 is 31.3 Å². The minimum Gasteiger partial charge on any atom is -1.00 e. The Kier molecular flexibility index (Phi) is 7.69. The third-order valence-corrected chi connectivity index (χ3v) is 8.91. The van der Waals surface area contributed by atoms with E-state index in [1.54, 1.807) is 5.38 Å². The molecule has 2 atom stereocenters. The largest absolute Gasteiger partial charge is 1.00 e. The minimum atomic E-state index is -2.69. The van der Waals surface area contributed by atoms with Crippen LogP contribution in [0.2, 0.25) is 0 Å². The molecule has 1 saturated carbocycles. The molecule has 1 aromatic carbocycles. The van der Waals surface area contributed by atoms with Crippen molar-refractivity contribution in [3.05, 3.63) is 51.7 Å². The predicted molar refractivity (Wildman–Crippen MR) is 124 cm³/mol. The first kappa shape index (κ1) is 26.2. The number of hydrogen-bond donors (Lipinski definition) is 1. The summed E-state index contributed by atoms with van der Waals surface area (Å²) in [5.74, 6) is -3.09. The summed E-state index contributed by atoms with van der Waals surface area (Å²) in [7, 11) is 0. The summed E-state index contributed by atoms with van der Waals surface area (Å²) in [4.78, 5) is 26.1. The number of piperidine rings is 3. The Hall–Kier alpha value is -1.84. The number of esters is 1. The van der Waals surface area contributed by atoms with E-state index in [0.717, 1.165) is 25.9 Å². The number of thiophene rings is 1. The average molecular weight is 570 g/mol. The van der Waals surface area contributed by atoms with Crippen LogP contribution in [0.5, 0.6) is 5.75 Å². The van der Waals surface area contributed by atoms with Crippen molar-refractivity contribution in [1.29, 1.82) is 0 Å². The molecule has 1 unspecified atom stereocenters. The molecular weight excluding hydrogens is 540 g/mol. The number of ketones is 1. The molecule has 190 valence electrons. The van der Waals surface area contributed by atoms with Crippen LogP contribution in [0, 0.1) is 5.92 Å². The Morgan fingerprint density at radius 3 is 2.51 bits per heavy atom. The molecule has 35 heavy (non-hydrogen) atoms. The van der Waals surface area contributed by atoms with E-state index in [1.165, 1.54) is 11.3 Å². The van der Waals surface area contributed by atoms with Gasteiger partial charge in [-0.1, -0.05) is 30.3 Å². The SMILES string of the molecule is O=C(Cc1scc(C2CCC(F)(F)C2)c1O)O[C@H]1C[N+]2(CC(=O)c3ccccc3)CCC1CC2.[Br-]. The molecule has 9 heteroatoms. The molecule has 0 spiro atoms. The maximum Gasteiger partial charge on any atom is 0.311 e. The average Bonchev–Trinajstić information content (AvgIpc) is 3.36. The minimum absolute atomic E-state index is 0. The van der Waals surface area contributed by atoms with Crippen LogP contribution < -0.4 is 17.0 Å². The van der Waals surface area contributed by atoms with Gasteiger partial charge in [-0.3, -0.25) is 9.59 Å². The lowest BCUT2D eigenvalue weighted by atomic mass is 9.82. The van der Waals surface area contributed by atoms with E-state index in [4.69, 9.17) is 4.74 Å². The number of carbonyl (C=O) groups is 2. The van der Waals surface area contributed by atoms with Crippen molar-refractivity contribution in [1.82, 2.24) is 0 Å². The van der Waals surface area contributed by atoms with E-state index in [1.807, 2.05) is 30.3 Å². The number of ether oxygens (including phenoxy) is 1. The molecule has 3 aliphatic heterocycles. The van der Waals surface area contributed by atoms with E-state index in [9.17, 15) is 23.5 Å². The van der Waals surface area contributed by atoms with Crippen molar-refractivity contribution in [3.63, 3.8) is 0 Å². The normalized spacial score (nSPS) is 28.9. The Morgan fingerprint density at radius 1 is 1.14 bits per heavy atom. The van der Waals surface area contributed by atoms with E-state index >= 15 is 0 Å². The fourth-order valence-electron chi connectivity index (χ4n) is 5.98. The third-order valence-electron chi connectivity index (χ3n) is 7.91. The van der Waals surface area contributed by atoms with Gasteiger partial charge in [0.2, 0.25) is 11.7 Å². The van der Waals surface area contributed by atoms with Gasteiger partial charge in [0.25, 0.3) is 0 Å². The van der Waals surface area contributed by atoms with Crippen LogP contribution in [-0.2, 0) is 16.0 Å². The summed E-state index contributed by atoms with van der Waals surface area (Å²) in [6.07, 6.45) is 1.45. The van der Waals surface area contributed by atoms with Gasteiger partial charge in [-0.15, -0.1) is 11.3 Å². The Balaban J connectivity index is 0.00000289. The molecule has 4 aliphatic rings. The number of alkyl halides is 2. The van der Waals surface area contributed by atoms with Gasteiger partial charge >= 0.3 is 5.97 Å². The lowest BCUT2D eigenvalue weighted by Gasteiger charge is -2.51. The number of carbonyl (C=O) groups excluding carboxylic acids is 2. The summed E-state index contributed by atoms with van der Waals surface area (Å²) in [6, 6.07) is 9.29. The van der Waals surface area contributed by atoms with Crippen molar-refractivity contribution >= 4 is 23.1 Å². The zero-order valence-corrected chi connectivity index (χ0v) is 21.8. The van der Waals surface area contributed by atoms with Crippen molar-refractivity contribution in [3.8, 4) is 5.75 Å². The van der Waals surface area contributed by atoms with Crippen LogP contribution >= 0.6 is 11.3 Å². The molecule has 2 aromatic rings. The van der Waals surface area contributed by atoms with Crippen molar-refractivity contribution < 1.29 is 49.7 Å². The van der Waals surface area contributed by atoms with Gasteiger partial charge in [0.05, 0.1) is 24.4 Å². The molecule has 4 fully saturated rings. The molecule has 0 amide bonds. The summed E-state index contributed by atoms with van der Waals surface area (Å²) in [5, 5.41) is 12.3. The van der Waals surface area contributed by atoms with Gasteiger partial charge in [0, 0.05) is 42.7 Å². The Labute approximate surface area is 218 Å². The monoisotopic (exact) mass is 569 g/mol. The summed E-state index contributed by atoms with van der Waals surface area (Å²) in [6.45, 7) is 2.87. The van der Waals surface area contributed by atoms with Crippen LogP contribution in [0.25, 0.3) is 0 Å². The Morgan fingerprint density at radius 2 is 1.86 bits per heavy atom. The van der Waals surface area contributed by atoms with Gasteiger partial charge in [0.15, 0.2) is 6.10 Å². The molecular formula is C26H30BrF2NO4S. The number of halogens is 3. The second-order valence-corrected chi connectivity index (χ2v) is 11.2. The molecule has 5 nitrogen and oxygen atoms in total. The van der Waals surface area contributed by atoms with Crippen LogP contribution in [0.4, 0.5) is 8.78 Å². The maximum atomic E-state index is 13.6. The number of benzene rings is 1. The van der Waals surface area contributed by atoms with Crippen molar-refractivity contribution in [2.45, 2.75) is 56.5 Å². The number of Topliss-reactive ketones (excluding diaryl/α,β-unsaturated/α-hetero) is 1. The van der Waals surface area contributed by atoms with E-state index in [-0.39, 0.29) is 59.8 Å². The molecule has 1 aliphatic carbocycles. The number of hydrogen-bond acceptors (Lipinski definition) is 5. The topological polar surface area (TPSA) is 63.6 Å². The highest BCUT2D eigenvalue weighted by Gasteiger charge is 2.48. The van der Waals surface area contributed by atoms with E-state index < -0.39 is 11.9 Å². The highest BCUT2D eigenvalue weighted by atomic mass is 79.9. The lowest BCUT2D eigenvalue weighted by Crippen LogP contribution is -3.00. The predicted octanol–water partition coefficient (Wildman–Crippen LogP) is 1.94. The third kappa shape index (κ3) is 5.62. The molecule has 6 rings (SSSR count). The molecule has 2 bridgehead atoms. The van der Waals surface area contributed by atoms with E-state index in [0.29, 0.717) is 45.9 Å². The second kappa shape index (κ2) is 10.3. The highest BCUT2D eigenvalue weighted by Crippen LogP contribution is 2.48. The first-order valence-electron chi connectivity index (χ1n) is 12.0. The standard InChI is InChI=1S/C26H29F2NO4S.BrH/c27-26(28)9-6-19(13-26)20-16-34-23(25(20)32)12-24(31)33-22-15-29(10-7-18(22)8-11-29)14-21(30)17-4-2-1-3-5-17;/h1-5,16,18-19,22H,6-15H2;1H/t18?,19?,22-,29?;/m0./s1. The summed E-state index contributed by atoms with van der Waals surface area (Å²) >= 11 is 1.23. The Bertz CT molecular complexity index is 1070. The fourth-order valence-corrected chi connectivity index (χ4v) is 6.98. The fraction of sp³-hybridized carbons (Fsp3) is 0.538. The van der Waals surface area contributed by atoms with Crippen LogP contribution in [0.3, 0.4) is 0 Å². The van der Waals surface area contributed by atoms with Crippen molar-refractivity contribution in [2.75, 3.05) is 26.2 Å². The van der Waals surface area contributed by atoms with Crippen LogP contribution in [-0.4, -0.2) is 59.5 Å². The molecule has 3 saturated heterocycles. The smallest absolute Gasteiger partial charge is 0.311 e. The second-order valence-electron chi connectivity index (χ2n) is 10.2. The first-order chi connectivity index (χ1) is 16.2. The van der Waals surface area contributed by atoms with E-state index in [2.05, 4.69) is 0 Å². The van der Waals surface area contributed by atoms with Gasteiger partial charge in [-0.25, -0.2) is 8.78 Å². The zero-order valence-electron chi connectivity index (χ0n) is 19.4. The van der Waals surface area contributed by atoms with Crippen LogP contribution in [0.15, 0.2) is 35.7 Å². The van der Waals surface area contributed by atoms with Gasteiger partial charge in [0.1, 0.15) is 18.8 Å². The maximum absolute atomic E-state index is 13.6. The molecule has 4 heterocycles. The number of nitrogens with zero attached hydrogens (tertiary/aromatic N) is 1. The van der Waals surface area contributed by atoms with Crippen molar-refractivity contribution in [2.24, 2.45) is 5.92 Å². The van der Waals surface area contributed by atoms with Gasteiger partial charge in [-0.05, 0) is 17.7 Å². The highest BCUT2D eigenvalue weighted by molar-refractivity contribution is 7.10. The lowest BCUT2D eigenvalue weighted by molar-refractivity contribution is -0.938. The summed E-state index contributed by atoms with van der Waals surface area (Å²) < 4.78 is 33.7. The van der Waals surface area contributed by atoms with Gasteiger partial charge in [-0.2, -0.15) is 0 Å². The number of fused-ring (bicyclic) bond motifs is 3. The molecule has 1 aromatic heterocycles. The molecule has 1 N–H and O–H groups in total. The summed E-state index contributed by atoms with van der Waals surface area (Å²) in [5.41, 5.74) is 1.23. The zero-order chi connectivity index (χ0) is 23.9. The van der Waals surface area contributed by atoms with Crippen LogP contribution in [0.1, 0.15) is 58.8 Å². The number of aromatic hydroxyl groups is 1. The quantitative estimate of drug-likeness (QED) is 0.314. The number of rotatable bonds is 7. The number of quaternary nitrogens is 1. The molecule has 0 radical (unpaired) electrons.